The summed E-state index contributed by atoms with van der Waals surface area (Å²) in [6, 6.07) is 7.07. The molecule has 0 aliphatic carbocycles. The molecule has 1 heterocycles. The van der Waals surface area contributed by atoms with Gasteiger partial charge < -0.3 is 14.9 Å². The topological polar surface area (TPSA) is 66.8 Å². The van der Waals surface area contributed by atoms with Gasteiger partial charge in [0.1, 0.15) is 11.7 Å². The molecule has 0 fully saturated rings. The zero-order valence-corrected chi connectivity index (χ0v) is 7.38. The summed E-state index contributed by atoms with van der Waals surface area (Å²) in [5, 5.41) is 17.9. The van der Waals surface area contributed by atoms with Crippen molar-refractivity contribution in [3.05, 3.63) is 29.8 Å². The number of esters is 1. The third-order valence-corrected chi connectivity index (χ3v) is 2.29. The minimum absolute atomic E-state index is 0.312. The van der Waals surface area contributed by atoms with Crippen LogP contribution < -0.4 is 4.74 Å². The van der Waals surface area contributed by atoms with E-state index in [-0.39, 0.29) is 0 Å². The van der Waals surface area contributed by atoms with E-state index in [9.17, 15) is 4.79 Å². The second kappa shape index (κ2) is 3.40. The molecule has 0 aromatic heterocycles. The van der Waals surface area contributed by atoms with Crippen molar-refractivity contribution in [3.63, 3.8) is 0 Å². The monoisotopic (exact) mass is 194 g/mol. The highest BCUT2D eigenvalue weighted by Gasteiger charge is 2.32. The molecule has 14 heavy (non-hydrogen) atoms. The van der Waals surface area contributed by atoms with Crippen molar-refractivity contribution in [1.82, 2.24) is 0 Å². The van der Waals surface area contributed by atoms with Crippen LogP contribution in [0.1, 0.15) is 5.56 Å². The minimum atomic E-state index is -1.66. The molecule has 1 unspecified atom stereocenters. The lowest BCUT2D eigenvalue weighted by Gasteiger charge is -2.23. The summed E-state index contributed by atoms with van der Waals surface area (Å²) >= 11 is 0. The van der Waals surface area contributed by atoms with Crippen molar-refractivity contribution >= 4 is 5.97 Å². The molecule has 0 amide bonds. The van der Waals surface area contributed by atoms with E-state index >= 15 is 0 Å². The van der Waals surface area contributed by atoms with Gasteiger partial charge >= 0.3 is 5.97 Å². The maximum absolute atomic E-state index is 11.3. The van der Waals surface area contributed by atoms with Crippen molar-refractivity contribution in [3.8, 4) is 5.75 Å². The van der Waals surface area contributed by atoms with Crippen molar-refractivity contribution < 1.29 is 19.7 Å². The lowest BCUT2D eigenvalue weighted by molar-refractivity contribution is -0.157. The van der Waals surface area contributed by atoms with Crippen molar-refractivity contribution in [1.29, 1.82) is 0 Å². The number of fused-ring (bicyclic) bond motifs is 1. The summed E-state index contributed by atoms with van der Waals surface area (Å²) < 4.78 is 4.95. The quantitative estimate of drug-likeness (QED) is 0.377. The fourth-order valence-electron chi connectivity index (χ4n) is 1.50. The number of carbonyl (C=O) groups is 1. The molecular formula is C10H10O4. The molecule has 0 spiro atoms. The van der Waals surface area contributed by atoms with Gasteiger partial charge in [-0.15, -0.1) is 0 Å². The number of aliphatic hydroxyl groups excluding tert-OH is 1. The molecule has 1 atom stereocenters. The van der Waals surface area contributed by atoms with Crippen molar-refractivity contribution in [2.45, 2.75) is 12.7 Å². The standard InChI is InChI=1S/C10H10O4/c11-9(12)7-5-6-3-1-2-4-8(6)14-10(7)13/h1-4,7,9,11-12H,5H2. The highest BCUT2D eigenvalue weighted by Crippen LogP contribution is 2.28. The van der Waals surface area contributed by atoms with Gasteiger partial charge in [0.05, 0.1) is 0 Å². The van der Waals surface area contributed by atoms with Crippen LogP contribution in [-0.2, 0) is 11.2 Å². The fraction of sp³-hybridized carbons (Fsp3) is 0.300. The van der Waals surface area contributed by atoms with Gasteiger partial charge in [-0.1, -0.05) is 18.2 Å². The predicted molar refractivity (Wildman–Crippen MR) is 47.5 cm³/mol. The zero-order chi connectivity index (χ0) is 10.1. The molecular weight excluding hydrogens is 184 g/mol. The van der Waals surface area contributed by atoms with Crippen LogP contribution >= 0.6 is 0 Å². The Kier molecular flexibility index (Phi) is 2.23. The van der Waals surface area contributed by atoms with Crippen LogP contribution in [0.15, 0.2) is 24.3 Å². The van der Waals surface area contributed by atoms with E-state index in [1.165, 1.54) is 0 Å². The molecule has 0 saturated heterocycles. The molecule has 1 aromatic carbocycles. The fourth-order valence-corrected chi connectivity index (χ4v) is 1.50. The summed E-state index contributed by atoms with van der Waals surface area (Å²) in [5.74, 6) is -0.946. The highest BCUT2D eigenvalue weighted by molar-refractivity contribution is 5.78. The Bertz CT molecular complexity index is 359. The van der Waals surface area contributed by atoms with Gasteiger partial charge in [-0.25, -0.2) is 0 Å². The maximum atomic E-state index is 11.3. The van der Waals surface area contributed by atoms with E-state index in [1.807, 2.05) is 6.07 Å². The van der Waals surface area contributed by atoms with Crippen LogP contribution in [0.2, 0.25) is 0 Å². The molecule has 4 nitrogen and oxygen atoms in total. The molecule has 0 radical (unpaired) electrons. The number of carbonyl (C=O) groups excluding carboxylic acids is 1. The van der Waals surface area contributed by atoms with Crippen LogP contribution in [-0.4, -0.2) is 22.5 Å². The van der Waals surface area contributed by atoms with Gasteiger partial charge in [0.15, 0.2) is 6.29 Å². The van der Waals surface area contributed by atoms with Crippen molar-refractivity contribution in [2.75, 3.05) is 0 Å². The maximum Gasteiger partial charge on any atom is 0.319 e. The van der Waals surface area contributed by atoms with E-state index in [2.05, 4.69) is 0 Å². The first-order chi connectivity index (χ1) is 6.68. The third kappa shape index (κ3) is 1.49. The number of benzene rings is 1. The van der Waals surface area contributed by atoms with Gasteiger partial charge in [0, 0.05) is 0 Å². The molecule has 1 aliphatic heterocycles. The SMILES string of the molecule is O=C1Oc2ccccc2CC1C(O)O. The largest absolute Gasteiger partial charge is 0.426 e. The molecule has 74 valence electrons. The van der Waals surface area contributed by atoms with E-state index in [4.69, 9.17) is 14.9 Å². The van der Waals surface area contributed by atoms with E-state index in [0.29, 0.717) is 12.2 Å². The normalized spacial score (nSPS) is 20.5. The average Bonchev–Trinajstić information content (AvgIpc) is 2.16. The minimum Gasteiger partial charge on any atom is -0.426 e. The summed E-state index contributed by atoms with van der Waals surface area (Å²) in [5.41, 5.74) is 0.824. The van der Waals surface area contributed by atoms with Crippen LogP contribution in [0.3, 0.4) is 0 Å². The average molecular weight is 194 g/mol. The molecule has 2 N–H and O–H groups in total. The summed E-state index contributed by atoms with van der Waals surface area (Å²) in [6.45, 7) is 0. The van der Waals surface area contributed by atoms with E-state index in [0.717, 1.165) is 5.56 Å². The second-order valence-corrected chi connectivity index (χ2v) is 3.25. The Balaban J connectivity index is 2.31. The van der Waals surface area contributed by atoms with Crippen molar-refractivity contribution in [2.24, 2.45) is 5.92 Å². The first kappa shape index (κ1) is 9.18. The summed E-state index contributed by atoms with van der Waals surface area (Å²) in [6.07, 6.45) is -1.34. The highest BCUT2D eigenvalue weighted by atomic mass is 16.5. The molecule has 0 saturated carbocycles. The van der Waals surface area contributed by atoms with E-state index in [1.54, 1.807) is 18.2 Å². The number of hydrogen-bond donors (Lipinski definition) is 2. The van der Waals surface area contributed by atoms with E-state index < -0.39 is 18.2 Å². The summed E-state index contributed by atoms with van der Waals surface area (Å²) in [7, 11) is 0. The van der Waals surface area contributed by atoms with Gasteiger partial charge in [0.25, 0.3) is 0 Å². The Hall–Kier alpha value is -1.39. The van der Waals surface area contributed by atoms with Crippen LogP contribution in [0.4, 0.5) is 0 Å². The van der Waals surface area contributed by atoms with Gasteiger partial charge in [-0.05, 0) is 18.1 Å². The zero-order valence-electron chi connectivity index (χ0n) is 7.38. The first-order valence-electron chi connectivity index (χ1n) is 4.34. The number of para-hydroxylation sites is 1. The second-order valence-electron chi connectivity index (χ2n) is 3.25. The number of ether oxygens (including phenoxy) is 1. The first-order valence-corrected chi connectivity index (χ1v) is 4.34. The molecule has 0 bridgehead atoms. The van der Waals surface area contributed by atoms with Gasteiger partial charge in [-0.2, -0.15) is 0 Å². The molecule has 2 rings (SSSR count). The Morgan fingerprint density at radius 2 is 2.07 bits per heavy atom. The Labute approximate surface area is 80.7 Å². The lowest BCUT2D eigenvalue weighted by Crippen LogP contribution is -2.36. The molecule has 1 aliphatic rings. The Morgan fingerprint density at radius 1 is 1.36 bits per heavy atom. The number of aliphatic hydroxyl groups is 2. The lowest BCUT2D eigenvalue weighted by atomic mass is 9.96. The Morgan fingerprint density at radius 3 is 2.79 bits per heavy atom. The smallest absolute Gasteiger partial charge is 0.319 e. The van der Waals surface area contributed by atoms with Crippen LogP contribution in [0, 0.1) is 5.92 Å². The number of hydrogen-bond acceptors (Lipinski definition) is 4. The predicted octanol–water partition coefficient (Wildman–Crippen LogP) is 0.0750. The molecule has 4 heteroatoms. The van der Waals surface area contributed by atoms with Gasteiger partial charge in [-0.3, -0.25) is 4.79 Å². The van der Waals surface area contributed by atoms with Gasteiger partial charge in [0.2, 0.25) is 0 Å². The number of rotatable bonds is 1. The summed E-state index contributed by atoms with van der Waals surface area (Å²) in [4.78, 5) is 11.3. The van der Waals surface area contributed by atoms with Crippen LogP contribution in [0.25, 0.3) is 0 Å². The molecule has 1 aromatic rings. The van der Waals surface area contributed by atoms with Crippen LogP contribution in [0.5, 0.6) is 5.75 Å². The third-order valence-electron chi connectivity index (χ3n) is 2.29.